The Labute approximate surface area is 136 Å². The maximum atomic E-state index is 11.8. The van der Waals surface area contributed by atoms with Crippen molar-refractivity contribution in [1.29, 1.82) is 0 Å². The number of nitrogens with one attached hydrogen (secondary N) is 1. The van der Waals surface area contributed by atoms with E-state index in [0.29, 0.717) is 30.9 Å². The Morgan fingerprint density at radius 1 is 1.27 bits per heavy atom. The van der Waals surface area contributed by atoms with Gasteiger partial charge in [-0.15, -0.1) is 0 Å². The first kappa shape index (κ1) is 18.6. The molecule has 1 aromatic carbocycles. The summed E-state index contributed by atoms with van der Waals surface area (Å²) < 4.78 is 0. The summed E-state index contributed by atoms with van der Waals surface area (Å²) in [6, 6.07) is 6.83. The molecule has 0 aliphatic rings. The van der Waals surface area contributed by atoms with Crippen LogP contribution in [0.15, 0.2) is 24.3 Å². The molecule has 0 aliphatic carbocycles. The van der Waals surface area contributed by atoms with E-state index in [-0.39, 0.29) is 11.5 Å². The topological polar surface area (TPSA) is 66.4 Å². The van der Waals surface area contributed by atoms with E-state index >= 15 is 0 Å². The molecule has 0 radical (unpaired) electrons. The summed E-state index contributed by atoms with van der Waals surface area (Å²) in [5.41, 5.74) is 0.984. The van der Waals surface area contributed by atoms with Crippen LogP contribution < -0.4 is 5.32 Å². The molecule has 1 amide bonds. The molecule has 22 heavy (non-hydrogen) atoms. The predicted molar refractivity (Wildman–Crippen MR) is 91.5 cm³/mol. The molecule has 0 aromatic heterocycles. The second kappa shape index (κ2) is 10.3. The van der Waals surface area contributed by atoms with Crippen LogP contribution in [0.5, 0.6) is 0 Å². The van der Waals surface area contributed by atoms with Crippen LogP contribution in [-0.2, 0) is 11.2 Å². The van der Waals surface area contributed by atoms with Gasteiger partial charge in [-0.05, 0) is 41.9 Å². The molecule has 0 spiro atoms. The van der Waals surface area contributed by atoms with Crippen LogP contribution in [0.4, 0.5) is 0 Å². The normalized spacial score (nSPS) is 10.7. The number of amides is 1. The lowest BCUT2D eigenvalue weighted by atomic mass is 10.0. The Balaban J connectivity index is 2.22. The summed E-state index contributed by atoms with van der Waals surface area (Å²) in [5, 5.41) is 12.0. The highest BCUT2D eigenvalue weighted by molar-refractivity contribution is 7.99. The van der Waals surface area contributed by atoms with Gasteiger partial charge in [-0.1, -0.05) is 32.0 Å². The first-order chi connectivity index (χ1) is 10.5. The van der Waals surface area contributed by atoms with E-state index in [0.717, 1.165) is 17.9 Å². The number of aryl methyl sites for hydroxylation is 1. The Morgan fingerprint density at radius 2 is 2.00 bits per heavy atom. The number of carbonyl (C=O) groups is 2. The number of rotatable bonds is 10. The quantitative estimate of drug-likeness (QED) is 0.649. The maximum absolute atomic E-state index is 11.8. The third kappa shape index (κ3) is 7.50. The number of hydrogen-bond donors (Lipinski definition) is 2. The van der Waals surface area contributed by atoms with Gasteiger partial charge in [0.2, 0.25) is 5.91 Å². The van der Waals surface area contributed by atoms with Crippen molar-refractivity contribution in [3.63, 3.8) is 0 Å². The van der Waals surface area contributed by atoms with Crippen molar-refractivity contribution in [1.82, 2.24) is 5.32 Å². The number of thioether (sulfide) groups is 1. The monoisotopic (exact) mass is 323 g/mol. The zero-order valence-electron chi connectivity index (χ0n) is 13.3. The maximum Gasteiger partial charge on any atom is 0.335 e. The molecule has 2 N–H and O–H groups in total. The molecule has 122 valence electrons. The molecule has 0 fully saturated rings. The van der Waals surface area contributed by atoms with Crippen molar-refractivity contribution < 1.29 is 14.7 Å². The largest absolute Gasteiger partial charge is 0.478 e. The highest BCUT2D eigenvalue weighted by atomic mass is 32.2. The smallest absolute Gasteiger partial charge is 0.335 e. The van der Waals surface area contributed by atoms with Crippen LogP contribution >= 0.6 is 11.8 Å². The molecule has 4 nitrogen and oxygen atoms in total. The number of hydrogen-bond acceptors (Lipinski definition) is 3. The number of carboxylic acids is 1. The molecular weight excluding hydrogens is 298 g/mol. The molecule has 0 atom stereocenters. The Hall–Kier alpha value is -1.49. The average molecular weight is 323 g/mol. The van der Waals surface area contributed by atoms with Crippen LogP contribution in [0, 0.1) is 5.92 Å². The highest BCUT2D eigenvalue weighted by Crippen LogP contribution is 2.11. The van der Waals surface area contributed by atoms with Crippen molar-refractivity contribution in [3.8, 4) is 0 Å². The van der Waals surface area contributed by atoms with E-state index in [2.05, 4.69) is 19.2 Å². The molecule has 0 unspecified atom stereocenters. The van der Waals surface area contributed by atoms with Gasteiger partial charge in [-0.2, -0.15) is 11.8 Å². The van der Waals surface area contributed by atoms with Crippen molar-refractivity contribution in [2.24, 2.45) is 5.92 Å². The fraction of sp³-hybridized carbons (Fsp3) is 0.529. The fourth-order valence-electron chi connectivity index (χ4n) is 2.00. The van der Waals surface area contributed by atoms with E-state index in [4.69, 9.17) is 5.11 Å². The third-order valence-corrected chi connectivity index (χ3v) is 4.59. The van der Waals surface area contributed by atoms with Gasteiger partial charge in [-0.3, -0.25) is 4.79 Å². The SMILES string of the molecule is CC(C)CSCCCNC(=O)CCc1ccccc1C(=O)O. The number of aromatic carboxylic acids is 1. The lowest BCUT2D eigenvalue weighted by Crippen LogP contribution is -2.25. The van der Waals surface area contributed by atoms with E-state index in [1.807, 2.05) is 11.8 Å². The van der Waals surface area contributed by atoms with Crippen molar-refractivity contribution in [2.45, 2.75) is 33.1 Å². The van der Waals surface area contributed by atoms with E-state index < -0.39 is 5.97 Å². The Morgan fingerprint density at radius 3 is 2.68 bits per heavy atom. The molecule has 0 saturated heterocycles. The van der Waals surface area contributed by atoms with Gasteiger partial charge < -0.3 is 10.4 Å². The van der Waals surface area contributed by atoms with E-state index in [1.165, 1.54) is 0 Å². The summed E-state index contributed by atoms with van der Waals surface area (Å²) >= 11 is 1.91. The second-order valence-corrected chi connectivity index (χ2v) is 6.78. The summed E-state index contributed by atoms with van der Waals surface area (Å²) in [4.78, 5) is 22.9. The average Bonchev–Trinajstić information content (AvgIpc) is 2.48. The van der Waals surface area contributed by atoms with E-state index in [9.17, 15) is 9.59 Å². The minimum absolute atomic E-state index is 0.0194. The zero-order valence-corrected chi connectivity index (χ0v) is 14.1. The summed E-state index contributed by atoms with van der Waals surface area (Å²) in [5.74, 6) is 1.95. The molecule has 0 saturated carbocycles. The Kier molecular flexibility index (Phi) is 8.67. The van der Waals surface area contributed by atoms with Gasteiger partial charge in [0.05, 0.1) is 5.56 Å². The zero-order chi connectivity index (χ0) is 16.4. The lowest BCUT2D eigenvalue weighted by molar-refractivity contribution is -0.121. The van der Waals surface area contributed by atoms with Gasteiger partial charge in [0, 0.05) is 13.0 Å². The molecule has 1 rings (SSSR count). The molecular formula is C17H25NO3S. The van der Waals surface area contributed by atoms with Crippen LogP contribution in [0.2, 0.25) is 0 Å². The van der Waals surface area contributed by atoms with E-state index in [1.54, 1.807) is 24.3 Å². The molecule has 0 heterocycles. The van der Waals surface area contributed by atoms with Gasteiger partial charge in [0.15, 0.2) is 0 Å². The van der Waals surface area contributed by atoms with Crippen LogP contribution in [0.3, 0.4) is 0 Å². The number of carbonyl (C=O) groups excluding carboxylic acids is 1. The molecule has 0 bridgehead atoms. The molecule has 1 aromatic rings. The van der Waals surface area contributed by atoms with Gasteiger partial charge in [0.25, 0.3) is 0 Å². The predicted octanol–water partition coefficient (Wildman–Crippen LogP) is 3.21. The van der Waals surface area contributed by atoms with Crippen LogP contribution in [0.25, 0.3) is 0 Å². The van der Waals surface area contributed by atoms with Crippen molar-refractivity contribution in [3.05, 3.63) is 35.4 Å². The lowest BCUT2D eigenvalue weighted by Gasteiger charge is -2.08. The van der Waals surface area contributed by atoms with Gasteiger partial charge >= 0.3 is 5.97 Å². The minimum atomic E-state index is -0.946. The Bertz CT molecular complexity index is 489. The van der Waals surface area contributed by atoms with Gasteiger partial charge in [-0.25, -0.2) is 4.79 Å². The van der Waals surface area contributed by atoms with Gasteiger partial charge in [0.1, 0.15) is 0 Å². The summed E-state index contributed by atoms with van der Waals surface area (Å²) in [6.07, 6.45) is 1.74. The first-order valence-electron chi connectivity index (χ1n) is 7.66. The standard InChI is InChI=1S/C17H25NO3S/c1-13(2)12-22-11-5-10-18-16(19)9-8-14-6-3-4-7-15(14)17(20)21/h3-4,6-7,13H,5,8-12H2,1-2H3,(H,18,19)(H,20,21). The summed E-state index contributed by atoms with van der Waals surface area (Å²) in [6.45, 7) is 5.08. The second-order valence-electron chi connectivity index (χ2n) is 5.63. The van der Waals surface area contributed by atoms with Crippen LogP contribution in [0.1, 0.15) is 42.6 Å². The van der Waals surface area contributed by atoms with Crippen LogP contribution in [-0.4, -0.2) is 35.0 Å². The minimum Gasteiger partial charge on any atom is -0.478 e. The van der Waals surface area contributed by atoms with Crippen molar-refractivity contribution in [2.75, 3.05) is 18.1 Å². The molecule has 5 heteroatoms. The fourth-order valence-corrected chi connectivity index (χ4v) is 2.99. The third-order valence-electron chi connectivity index (χ3n) is 3.11. The number of benzene rings is 1. The van der Waals surface area contributed by atoms with Crippen molar-refractivity contribution >= 4 is 23.6 Å². The summed E-state index contributed by atoms with van der Waals surface area (Å²) in [7, 11) is 0. The number of carboxylic acid groups (broad SMARTS) is 1. The highest BCUT2D eigenvalue weighted by Gasteiger charge is 2.10. The molecule has 0 aliphatic heterocycles. The first-order valence-corrected chi connectivity index (χ1v) is 8.81.